The molecule has 0 aromatic heterocycles. The number of amides is 2. The Hall–Kier alpha value is -1.18. The van der Waals surface area contributed by atoms with Crippen LogP contribution in [0.2, 0.25) is 0 Å². The predicted molar refractivity (Wildman–Crippen MR) is 97.6 cm³/mol. The molecule has 0 spiro atoms. The predicted octanol–water partition coefficient (Wildman–Crippen LogP) is 0.558. The summed E-state index contributed by atoms with van der Waals surface area (Å²) in [6, 6.07) is -0.179. The molecule has 4 aliphatic heterocycles. The molecule has 7 unspecified atom stereocenters. The van der Waals surface area contributed by atoms with E-state index in [0.717, 1.165) is 58.0 Å². The van der Waals surface area contributed by atoms with E-state index in [1.807, 2.05) is 4.90 Å². The molecule has 2 amide bonds. The summed E-state index contributed by atoms with van der Waals surface area (Å²) in [5.41, 5.74) is 0. The summed E-state index contributed by atoms with van der Waals surface area (Å²) in [4.78, 5) is 33.1. The highest BCUT2D eigenvalue weighted by molar-refractivity contribution is 5.87. The van der Waals surface area contributed by atoms with Gasteiger partial charge in [0.05, 0.1) is 18.1 Å². The maximum absolute atomic E-state index is 13.4. The molecule has 0 radical (unpaired) electrons. The van der Waals surface area contributed by atoms with Crippen LogP contribution in [0.5, 0.6) is 0 Å². The number of rotatable bonds is 1. The van der Waals surface area contributed by atoms with Gasteiger partial charge in [0.15, 0.2) is 0 Å². The highest BCUT2D eigenvalue weighted by Gasteiger charge is 2.58. The van der Waals surface area contributed by atoms with Crippen LogP contribution in [-0.4, -0.2) is 88.3 Å². The third-order valence-corrected chi connectivity index (χ3v) is 7.80. The van der Waals surface area contributed by atoms with Gasteiger partial charge in [0, 0.05) is 32.3 Å². The van der Waals surface area contributed by atoms with Crippen LogP contribution in [0.4, 0.5) is 0 Å². The fraction of sp³-hybridized carbons (Fsp3) is 0.900. The molecule has 150 valence electrons. The van der Waals surface area contributed by atoms with E-state index in [1.165, 1.54) is 0 Å². The highest BCUT2D eigenvalue weighted by Crippen LogP contribution is 2.44. The first-order valence-electron chi connectivity index (χ1n) is 10.7. The van der Waals surface area contributed by atoms with E-state index in [9.17, 15) is 14.7 Å². The Balaban J connectivity index is 1.57. The molecule has 4 heterocycles. The fourth-order valence-electron chi connectivity index (χ4n) is 6.53. The van der Waals surface area contributed by atoms with E-state index in [4.69, 9.17) is 4.74 Å². The molecule has 5 fully saturated rings. The minimum atomic E-state index is -1.01. The van der Waals surface area contributed by atoms with Crippen molar-refractivity contribution in [1.82, 2.24) is 14.7 Å². The maximum Gasteiger partial charge on any atom is 0.254 e. The Labute approximate surface area is 160 Å². The van der Waals surface area contributed by atoms with Gasteiger partial charge in [-0.2, -0.15) is 0 Å². The molecule has 0 bridgehead atoms. The monoisotopic (exact) mass is 377 g/mol. The Morgan fingerprint density at radius 2 is 1.70 bits per heavy atom. The quantitative estimate of drug-likeness (QED) is 0.723. The van der Waals surface area contributed by atoms with Crippen LogP contribution in [0.15, 0.2) is 0 Å². The Kier molecular flexibility index (Phi) is 4.44. The van der Waals surface area contributed by atoms with E-state index in [2.05, 4.69) is 9.80 Å². The zero-order valence-electron chi connectivity index (χ0n) is 16.1. The van der Waals surface area contributed by atoms with Gasteiger partial charge in [-0.05, 0) is 38.5 Å². The van der Waals surface area contributed by atoms with E-state index in [-0.39, 0.29) is 48.1 Å². The minimum Gasteiger partial charge on any atom is -0.382 e. The summed E-state index contributed by atoms with van der Waals surface area (Å²) in [5.74, 6) is 0.00670. The largest absolute Gasteiger partial charge is 0.382 e. The minimum absolute atomic E-state index is 0.0508. The first kappa shape index (κ1) is 17.9. The smallest absolute Gasteiger partial charge is 0.254 e. The molecule has 7 heteroatoms. The summed E-state index contributed by atoms with van der Waals surface area (Å²) in [5, 5.41) is 10.9. The van der Waals surface area contributed by atoms with Crippen molar-refractivity contribution in [2.75, 3.05) is 20.2 Å². The third kappa shape index (κ3) is 2.58. The average Bonchev–Trinajstić information content (AvgIpc) is 3.15. The second-order valence-corrected chi connectivity index (χ2v) is 8.99. The number of hydrogen-bond donors (Lipinski definition) is 1. The molecule has 7 nitrogen and oxygen atoms in total. The average molecular weight is 377 g/mol. The van der Waals surface area contributed by atoms with Crippen LogP contribution in [0.3, 0.4) is 0 Å². The van der Waals surface area contributed by atoms with Crippen molar-refractivity contribution in [3.05, 3.63) is 0 Å². The van der Waals surface area contributed by atoms with E-state index in [1.54, 1.807) is 7.11 Å². The molecular weight excluding hydrogens is 346 g/mol. The van der Waals surface area contributed by atoms with Gasteiger partial charge in [-0.3, -0.25) is 14.5 Å². The van der Waals surface area contributed by atoms with Crippen molar-refractivity contribution in [2.45, 2.75) is 87.9 Å². The summed E-state index contributed by atoms with van der Waals surface area (Å²) < 4.78 is 5.55. The number of aliphatic hydroxyl groups is 1. The number of fused-ring (bicyclic) bond motifs is 7. The molecular formula is C20H31N3O4. The number of carbonyl (C=O) groups is 2. The zero-order chi connectivity index (χ0) is 18.7. The van der Waals surface area contributed by atoms with Crippen molar-refractivity contribution < 1.29 is 19.4 Å². The number of aliphatic hydroxyl groups excluding tert-OH is 1. The number of hydrogen-bond acceptors (Lipinski definition) is 5. The van der Waals surface area contributed by atoms with Gasteiger partial charge >= 0.3 is 0 Å². The lowest BCUT2D eigenvalue weighted by Crippen LogP contribution is -2.73. The first-order chi connectivity index (χ1) is 13.1. The van der Waals surface area contributed by atoms with E-state index in [0.29, 0.717) is 6.42 Å². The topological polar surface area (TPSA) is 73.3 Å². The molecule has 1 N–H and O–H groups in total. The van der Waals surface area contributed by atoms with Crippen LogP contribution in [0.1, 0.15) is 51.4 Å². The summed E-state index contributed by atoms with van der Waals surface area (Å²) in [6.07, 6.45) is 6.42. The van der Waals surface area contributed by atoms with Crippen LogP contribution in [0.25, 0.3) is 0 Å². The van der Waals surface area contributed by atoms with Gasteiger partial charge in [0.25, 0.3) is 5.91 Å². The SMILES string of the molecule is COC1CCN2C(C1)C(O)C(=O)N1C3CCCCC3C(=O)N3CCCC3C21. The number of ether oxygens (including phenoxy) is 1. The van der Waals surface area contributed by atoms with Crippen LogP contribution < -0.4 is 0 Å². The summed E-state index contributed by atoms with van der Waals surface area (Å²) in [7, 11) is 1.71. The molecule has 27 heavy (non-hydrogen) atoms. The van der Waals surface area contributed by atoms with Crippen LogP contribution >= 0.6 is 0 Å². The van der Waals surface area contributed by atoms with Gasteiger partial charge in [0.2, 0.25) is 5.91 Å². The summed E-state index contributed by atoms with van der Waals surface area (Å²) in [6.45, 7) is 1.62. The lowest BCUT2D eigenvalue weighted by molar-refractivity contribution is -0.186. The Morgan fingerprint density at radius 1 is 0.926 bits per heavy atom. The Bertz CT molecular complexity index is 628. The van der Waals surface area contributed by atoms with Crippen molar-refractivity contribution >= 4 is 11.8 Å². The van der Waals surface area contributed by atoms with Crippen molar-refractivity contribution in [3.63, 3.8) is 0 Å². The zero-order valence-corrected chi connectivity index (χ0v) is 16.1. The second kappa shape index (κ2) is 6.71. The highest BCUT2D eigenvalue weighted by atomic mass is 16.5. The van der Waals surface area contributed by atoms with Crippen molar-refractivity contribution in [3.8, 4) is 0 Å². The number of carbonyl (C=O) groups excluding carboxylic acids is 2. The Morgan fingerprint density at radius 3 is 2.52 bits per heavy atom. The lowest BCUT2D eigenvalue weighted by Gasteiger charge is -2.56. The second-order valence-electron chi connectivity index (χ2n) is 8.99. The van der Waals surface area contributed by atoms with Crippen molar-refractivity contribution in [2.24, 2.45) is 5.92 Å². The molecule has 1 saturated carbocycles. The van der Waals surface area contributed by atoms with Crippen LogP contribution in [-0.2, 0) is 14.3 Å². The van der Waals surface area contributed by atoms with Gasteiger partial charge in [-0.1, -0.05) is 12.8 Å². The van der Waals surface area contributed by atoms with E-state index >= 15 is 0 Å². The normalized spacial score (nSPS) is 45.0. The standard InChI is InChI=1S/C20H31N3O4/c1-27-12-8-10-21-16(11-12)17(24)20(26)23-14-6-3-2-5-13(14)19(25)22-9-4-7-15(22)18(21)23/h12-18,24H,2-11H2,1H3. The number of nitrogens with zero attached hydrogens (tertiary/aromatic N) is 3. The molecule has 5 aliphatic rings. The molecule has 0 aromatic carbocycles. The molecule has 4 saturated heterocycles. The van der Waals surface area contributed by atoms with Crippen LogP contribution in [0, 0.1) is 5.92 Å². The molecule has 7 atom stereocenters. The van der Waals surface area contributed by atoms with Crippen molar-refractivity contribution in [1.29, 1.82) is 0 Å². The maximum atomic E-state index is 13.4. The van der Waals surface area contributed by atoms with E-state index < -0.39 is 6.10 Å². The first-order valence-corrected chi connectivity index (χ1v) is 10.7. The van der Waals surface area contributed by atoms with Gasteiger partial charge in [-0.25, -0.2) is 0 Å². The molecule has 5 rings (SSSR count). The molecule has 1 aliphatic carbocycles. The summed E-state index contributed by atoms with van der Waals surface area (Å²) >= 11 is 0. The molecule has 0 aromatic rings. The number of piperidine rings is 1. The lowest BCUT2D eigenvalue weighted by atomic mass is 9.81. The van der Waals surface area contributed by atoms with Gasteiger partial charge < -0.3 is 19.6 Å². The fourth-order valence-corrected chi connectivity index (χ4v) is 6.53. The number of methoxy groups -OCH3 is 1. The van der Waals surface area contributed by atoms with Gasteiger partial charge in [0.1, 0.15) is 12.3 Å². The third-order valence-electron chi connectivity index (χ3n) is 7.80. The van der Waals surface area contributed by atoms with Gasteiger partial charge in [-0.15, -0.1) is 0 Å².